The highest BCUT2D eigenvalue weighted by Gasteiger charge is 2.13. The molecule has 3 heteroatoms. The number of rotatable bonds is 4. The van der Waals surface area contributed by atoms with Gasteiger partial charge in [-0.1, -0.05) is 19.8 Å². The summed E-state index contributed by atoms with van der Waals surface area (Å²) < 4.78 is 11.0. The molecule has 3 aromatic rings. The molecule has 0 N–H and O–H groups in total. The highest BCUT2D eigenvalue weighted by molar-refractivity contribution is 5.96. The van der Waals surface area contributed by atoms with Crippen molar-refractivity contribution >= 4 is 21.9 Å². The second-order valence-corrected chi connectivity index (χ2v) is 5.71. The van der Waals surface area contributed by atoms with E-state index in [9.17, 15) is 4.79 Å². The SMILES string of the molecule is CCCCCc1c(C)c2cc3c(C)coc3cc2oc1=O. The van der Waals surface area contributed by atoms with Crippen molar-refractivity contribution in [1.82, 2.24) is 0 Å². The van der Waals surface area contributed by atoms with Crippen LogP contribution in [0.3, 0.4) is 0 Å². The first-order chi connectivity index (χ1) is 10.1. The Hall–Kier alpha value is -2.03. The Kier molecular flexibility index (Phi) is 3.58. The summed E-state index contributed by atoms with van der Waals surface area (Å²) in [5.41, 5.74) is 4.12. The summed E-state index contributed by atoms with van der Waals surface area (Å²) in [6.45, 7) is 6.20. The molecule has 21 heavy (non-hydrogen) atoms. The number of unbranched alkanes of at least 4 members (excludes halogenated alkanes) is 2. The zero-order valence-corrected chi connectivity index (χ0v) is 12.8. The molecule has 3 nitrogen and oxygen atoms in total. The molecule has 0 radical (unpaired) electrons. The van der Waals surface area contributed by atoms with Crippen LogP contribution in [-0.2, 0) is 6.42 Å². The maximum atomic E-state index is 12.2. The molecule has 0 unspecified atom stereocenters. The van der Waals surface area contributed by atoms with Gasteiger partial charge in [0.15, 0.2) is 0 Å². The molecule has 0 saturated carbocycles. The summed E-state index contributed by atoms with van der Waals surface area (Å²) in [4.78, 5) is 12.2. The van der Waals surface area contributed by atoms with E-state index < -0.39 is 0 Å². The number of fused-ring (bicyclic) bond motifs is 2. The summed E-state index contributed by atoms with van der Waals surface area (Å²) in [6.07, 6.45) is 5.84. The minimum absolute atomic E-state index is 0.210. The number of aryl methyl sites for hydroxylation is 2. The van der Waals surface area contributed by atoms with Crippen LogP contribution in [0.25, 0.3) is 21.9 Å². The Morgan fingerprint density at radius 3 is 2.62 bits per heavy atom. The van der Waals surface area contributed by atoms with E-state index in [1.807, 2.05) is 19.9 Å². The Morgan fingerprint density at radius 2 is 1.86 bits per heavy atom. The lowest BCUT2D eigenvalue weighted by molar-refractivity contribution is 0.543. The van der Waals surface area contributed by atoms with E-state index in [4.69, 9.17) is 8.83 Å². The highest BCUT2D eigenvalue weighted by atomic mass is 16.4. The molecule has 0 atom stereocenters. The molecule has 0 aliphatic carbocycles. The molecule has 0 amide bonds. The Balaban J connectivity index is 2.19. The normalized spacial score (nSPS) is 11.6. The second kappa shape index (κ2) is 5.40. The summed E-state index contributed by atoms with van der Waals surface area (Å²) in [5.74, 6) is 0. The minimum Gasteiger partial charge on any atom is -0.464 e. The van der Waals surface area contributed by atoms with Crippen molar-refractivity contribution in [2.24, 2.45) is 0 Å². The van der Waals surface area contributed by atoms with Crippen molar-refractivity contribution in [2.75, 3.05) is 0 Å². The van der Waals surface area contributed by atoms with Crippen LogP contribution in [0.2, 0.25) is 0 Å². The number of benzene rings is 1. The molecule has 2 heterocycles. The summed E-state index contributed by atoms with van der Waals surface area (Å²) in [6, 6.07) is 3.90. The third-order valence-corrected chi connectivity index (χ3v) is 4.21. The highest BCUT2D eigenvalue weighted by Crippen LogP contribution is 2.29. The Morgan fingerprint density at radius 1 is 1.05 bits per heavy atom. The maximum Gasteiger partial charge on any atom is 0.339 e. The van der Waals surface area contributed by atoms with Crippen molar-refractivity contribution in [2.45, 2.75) is 46.5 Å². The smallest absolute Gasteiger partial charge is 0.339 e. The van der Waals surface area contributed by atoms with Gasteiger partial charge in [-0.15, -0.1) is 0 Å². The molecule has 0 aliphatic heterocycles. The first-order valence-electron chi connectivity index (χ1n) is 7.56. The first kappa shape index (κ1) is 13.9. The van der Waals surface area contributed by atoms with Gasteiger partial charge >= 0.3 is 5.63 Å². The van der Waals surface area contributed by atoms with Gasteiger partial charge in [-0.25, -0.2) is 4.79 Å². The predicted molar refractivity (Wildman–Crippen MR) is 85.0 cm³/mol. The predicted octanol–water partition coefficient (Wildman–Crippen LogP) is 4.89. The lowest BCUT2D eigenvalue weighted by Gasteiger charge is -2.07. The zero-order valence-electron chi connectivity index (χ0n) is 12.8. The molecule has 1 aromatic carbocycles. The molecule has 0 saturated heterocycles. The van der Waals surface area contributed by atoms with E-state index in [1.54, 1.807) is 6.26 Å². The van der Waals surface area contributed by atoms with Gasteiger partial charge in [-0.05, 0) is 43.9 Å². The van der Waals surface area contributed by atoms with Crippen LogP contribution in [0.1, 0.15) is 42.9 Å². The van der Waals surface area contributed by atoms with Gasteiger partial charge in [0.05, 0.1) is 6.26 Å². The van der Waals surface area contributed by atoms with Crippen LogP contribution in [0, 0.1) is 13.8 Å². The van der Waals surface area contributed by atoms with Crippen LogP contribution < -0.4 is 5.63 Å². The molecule has 0 bridgehead atoms. The molecule has 2 aromatic heterocycles. The number of hydrogen-bond donors (Lipinski definition) is 0. The first-order valence-corrected chi connectivity index (χ1v) is 7.56. The van der Waals surface area contributed by atoms with Gasteiger partial charge in [-0.2, -0.15) is 0 Å². The fourth-order valence-electron chi connectivity index (χ4n) is 2.88. The Labute approximate surface area is 123 Å². The minimum atomic E-state index is -0.210. The van der Waals surface area contributed by atoms with Gasteiger partial charge in [0, 0.05) is 22.4 Å². The number of furan rings is 1. The quantitative estimate of drug-likeness (QED) is 0.506. The van der Waals surface area contributed by atoms with E-state index >= 15 is 0 Å². The van der Waals surface area contributed by atoms with E-state index in [2.05, 4.69) is 13.0 Å². The summed E-state index contributed by atoms with van der Waals surface area (Å²) >= 11 is 0. The van der Waals surface area contributed by atoms with E-state index in [1.165, 1.54) is 0 Å². The largest absolute Gasteiger partial charge is 0.464 e. The van der Waals surface area contributed by atoms with Crippen molar-refractivity contribution in [1.29, 1.82) is 0 Å². The van der Waals surface area contributed by atoms with Gasteiger partial charge in [0.1, 0.15) is 11.2 Å². The van der Waals surface area contributed by atoms with E-state index in [-0.39, 0.29) is 5.63 Å². The third kappa shape index (κ3) is 2.37. The average Bonchev–Trinajstić information content (AvgIpc) is 2.82. The van der Waals surface area contributed by atoms with Crippen LogP contribution in [0.15, 0.2) is 32.0 Å². The maximum absolute atomic E-state index is 12.2. The molecule has 3 rings (SSSR count). The fraction of sp³-hybridized carbons (Fsp3) is 0.389. The topological polar surface area (TPSA) is 43.4 Å². The summed E-state index contributed by atoms with van der Waals surface area (Å²) in [5, 5.41) is 2.09. The van der Waals surface area contributed by atoms with E-state index in [0.29, 0.717) is 5.58 Å². The molecule has 0 fully saturated rings. The Bertz CT molecular complexity index is 852. The average molecular weight is 284 g/mol. The van der Waals surface area contributed by atoms with Crippen LogP contribution in [0.5, 0.6) is 0 Å². The fourth-order valence-corrected chi connectivity index (χ4v) is 2.88. The molecule has 0 spiro atoms. The van der Waals surface area contributed by atoms with Gasteiger partial charge < -0.3 is 8.83 Å². The van der Waals surface area contributed by atoms with Gasteiger partial charge in [0.25, 0.3) is 0 Å². The molecular formula is C18H20O3. The van der Waals surface area contributed by atoms with Crippen LogP contribution >= 0.6 is 0 Å². The van der Waals surface area contributed by atoms with Crippen LogP contribution in [-0.4, -0.2) is 0 Å². The summed E-state index contributed by atoms with van der Waals surface area (Å²) in [7, 11) is 0. The standard InChI is InChI=1S/C18H20O3/c1-4-5-6-7-13-12(3)15-8-14-11(2)10-20-16(14)9-17(15)21-18(13)19/h8-10H,4-7H2,1-3H3. The van der Waals surface area contributed by atoms with Crippen LogP contribution in [0.4, 0.5) is 0 Å². The van der Waals surface area contributed by atoms with E-state index in [0.717, 1.165) is 58.7 Å². The third-order valence-electron chi connectivity index (χ3n) is 4.21. The van der Waals surface area contributed by atoms with Crippen molar-refractivity contribution in [3.05, 3.63) is 45.5 Å². The van der Waals surface area contributed by atoms with Crippen molar-refractivity contribution in [3.8, 4) is 0 Å². The van der Waals surface area contributed by atoms with Gasteiger partial charge in [0.2, 0.25) is 0 Å². The molecule has 110 valence electrons. The lowest BCUT2D eigenvalue weighted by Crippen LogP contribution is -2.10. The van der Waals surface area contributed by atoms with Crippen molar-refractivity contribution < 1.29 is 8.83 Å². The second-order valence-electron chi connectivity index (χ2n) is 5.71. The monoisotopic (exact) mass is 284 g/mol. The lowest BCUT2D eigenvalue weighted by atomic mass is 10.00. The van der Waals surface area contributed by atoms with Crippen molar-refractivity contribution in [3.63, 3.8) is 0 Å². The van der Waals surface area contributed by atoms with Gasteiger partial charge in [-0.3, -0.25) is 0 Å². The molecular weight excluding hydrogens is 264 g/mol. The molecule has 0 aliphatic rings. The number of hydrogen-bond acceptors (Lipinski definition) is 3. The zero-order chi connectivity index (χ0) is 15.0.